The molecule has 7 nitrogen and oxygen atoms in total. The minimum atomic E-state index is -2.62. The van der Waals surface area contributed by atoms with E-state index in [0.29, 0.717) is 28.2 Å². The first-order valence-electron chi connectivity index (χ1n) is 12.1. The van der Waals surface area contributed by atoms with Crippen molar-refractivity contribution in [3.63, 3.8) is 0 Å². The van der Waals surface area contributed by atoms with Gasteiger partial charge in [-0.2, -0.15) is 4.39 Å². The molecule has 1 saturated heterocycles. The van der Waals surface area contributed by atoms with Gasteiger partial charge < -0.3 is 15.1 Å². The maximum absolute atomic E-state index is 15.7. The van der Waals surface area contributed by atoms with Gasteiger partial charge in [-0.3, -0.25) is 14.6 Å². The second-order valence-electron chi connectivity index (χ2n) is 10.1. The number of alkyl halides is 2. The summed E-state index contributed by atoms with van der Waals surface area (Å²) in [6.07, 6.45) is 1.22. The molecule has 0 radical (unpaired) electrons. The summed E-state index contributed by atoms with van der Waals surface area (Å²) in [6, 6.07) is 10.2. The van der Waals surface area contributed by atoms with Gasteiger partial charge in [0.15, 0.2) is 0 Å². The zero-order valence-corrected chi connectivity index (χ0v) is 20.0. The molecule has 2 amide bonds. The number of nitrogens with zero attached hydrogens (tertiary/aromatic N) is 4. The van der Waals surface area contributed by atoms with Crippen LogP contribution in [-0.2, 0) is 9.59 Å². The molecule has 2 aliphatic heterocycles. The summed E-state index contributed by atoms with van der Waals surface area (Å²) in [5, 5.41) is 2.64. The predicted molar refractivity (Wildman–Crippen MR) is 132 cm³/mol. The molecular weight excluding hydrogens is 483 g/mol. The van der Waals surface area contributed by atoms with Crippen LogP contribution in [0.1, 0.15) is 43.4 Å². The molecule has 2 fully saturated rings. The van der Waals surface area contributed by atoms with Crippen molar-refractivity contribution in [2.45, 2.75) is 32.1 Å². The Kier molecular flexibility index (Phi) is 5.43. The van der Waals surface area contributed by atoms with Crippen molar-refractivity contribution in [1.29, 1.82) is 0 Å². The van der Waals surface area contributed by atoms with Gasteiger partial charge in [0.25, 0.3) is 6.43 Å². The molecule has 1 N–H and O–H groups in total. The zero-order valence-electron chi connectivity index (χ0n) is 20.0. The van der Waals surface area contributed by atoms with Crippen LogP contribution in [0.4, 0.5) is 30.4 Å². The summed E-state index contributed by atoms with van der Waals surface area (Å²) in [5.74, 6) is -1.98. The van der Waals surface area contributed by atoms with Crippen LogP contribution in [0.3, 0.4) is 0 Å². The summed E-state index contributed by atoms with van der Waals surface area (Å²) in [5.41, 5.74) is 1.71. The minimum absolute atomic E-state index is 0.125. The van der Waals surface area contributed by atoms with Crippen LogP contribution in [0, 0.1) is 11.4 Å². The lowest BCUT2D eigenvalue weighted by atomic mass is 9.96. The second kappa shape index (κ2) is 8.57. The van der Waals surface area contributed by atoms with Gasteiger partial charge in [-0.1, -0.05) is 18.2 Å². The third-order valence-electron chi connectivity index (χ3n) is 7.47. The molecule has 1 saturated carbocycles. The van der Waals surface area contributed by atoms with Gasteiger partial charge in [0.1, 0.15) is 12.4 Å². The second-order valence-corrected chi connectivity index (χ2v) is 10.1. The van der Waals surface area contributed by atoms with Crippen molar-refractivity contribution >= 4 is 29.0 Å². The zero-order chi connectivity index (χ0) is 25.9. The van der Waals surface area contributed by atoms with Gasteiger partial charge in [-0.05, 0) is 38.0 Å². The molecule has 3 aromatic rings. The largest absolute Gasteiger partial charge is 0.355 e. The molecule has 190 valence electrons. The number of benzene rings is 1. The quantitative estimate of drug-likeness (QED) is 0.497. The topological polar surface area (TPSA) is 78.4 Å². The third kappa shape index (κ3) is 4.10. The number of fused-ring (bicyclic) bond motifs is 3. The first-order chi connectivity index (χ1) is 17.7. The van der Waals surface area contributed by atoms with Crippen LogP contribution in [-0.4, -0.2) is 41.4 Å². The number of aromatic nitrogens is 2. The van der Waals surface area contributed by atoms with Crippen molar-refractivity contribution in [2.75, 3.05) is 34.8 Å². The van der Waals surface area contributed by atoms with Crippen molar-refractivity contribution < 1.29 is 22.8 Å². The number of anilines is 3. The average Bonchev–Trinajstić information content (AvgIpc) is 3.67. The SMILES string of the molecule is C[C@@H]1C(=O)N(CC(=O)Nc2ccc(C(F)F)cc2)c2cc(N3CC4(CC4)C3)nc(F)c2-c2cccnc21. The Morgan fingerprint density at radius 1 is 1.19 bits per heavy atom. The first-order valence-corrected chi connectivity index (χ1v) is 12.1. The molecule has 0 bridgehead atoms. The highest BCUT2D eigenvalue weighted by Gasteiger charge is 2.53. The van der Waals surface area contributed by atoms with Crippen LogP contribution in [0.15, 0.2) is 48.7 Å². The lowest BCUT2D eigenvalue weighted by Gasteiger charge is -2.41. The Balaban J connectivity index is 1.36. The number of hydrogen-bond donors (Lipinski definition) is 1. The highest BCUT2D eigenvalue weighted by atomic mass is 19.3. The van der Waals surface area contributed by atoms with Gasteiger partial charge in [0, 0.05) is 47.6 Å². The van der Waals surface area contributed by atoms with E-state index in [0.717, 1.165) is 25.9 Å². The summed E-state index contributed by atoms with van der Waals surface area (Å²) in [4.78, 5) is 38.5. The third-order valence-corrected chi connectivity index (χ3v) is 7.47. The molecule has 4 heterocycles. The first kappa shape index (κ1) is 23.4. The van der Waals surface area contributed by atoms with E-state index in [1.54, 1.807) is 31.3 Å². The van der Waals surface area contributed by atoms with Crippen LogP contribution in [0.2, 0.25) is 0 Å². The summed E-state index contributed by atoms with van der Waals surface area (Å²) >= 11 is 0. The Labute approximate surface area is 211 Å². The molecule has 1 aromatic carbocycles. The summed E-state index contributed by atoms with van der Waals surface area (Å²) in [6.45, 7) is 2.85. The van der Waals surface area contributed by atoms with E-state index < -0.39 is 36.7 Å². The molecule has 0 unspecified atom stereocenters. The number of carbonyl (C=O) groups is 2. The fraction of sp³-hybridized carbons (Fsp3) is 0.333. The Hall–Kier alpha value is -3.95. The number of rotatable bonds is 5. The molecule has 37 heavy (non-hydrogen) atoms. The molecule has 6 rings (SSSR count). The van der Waals surface area contributed by atoms with Gasteiger partial charge >= 0.3 is 0 Å². The van der Waals surface area contributed by atoms with E-state index in [1.165, 1.54) is 29.2 Å². The summed E-state index contributed by atoms with van der Waals surface area (Å²) in [7, 11) is 0. The summed E-state index contributed by atoms with van der Waals surface area (Å²) < 4.78 is 41.4. The Bertz CT molecular complexity index is 1400. The predicted octanol–water partition coefficient (Wildman–Crippen LogP) is 4.91. The monoisotopic (exact) mass is 507 g/mol. The maximum atomic E-state index is 15.7. The molecule has 2 aromatic heterocycles. The number of pyridine rings is 2. The fourth-order valence-electron chi connectivity index (χ4n) is 5.19. The average molecular weight is 508 g/mol. The lowest BCUT2D eigenvalue weighted by molar-refractivity contribution is -0.122. The number of halogens is 3. The lowest BCUT2D eigenvalue weighted by Crippen LogP contribution is -2.49. The van der Waals surface area contributed by atoms with E-state index in [2.05, 4.69) is 15.3 Å². The molecule has 10 heteroatoms. The van der Waals surface area contributed by atoms with Crippen molar-refractivity contribution in [2.24, 2.45) is 5.41 Å². The number of nitrogens with one attached hydrogen (secondary N) is 1. The number of carbonyl (C=O) groups excluding carboxylic acids is 2. The van der Waals surface area contributed by atoms with Crippen molar-refractivity contribution in [1.82, 2.24) is 9.97 Å². The van der Waals surface area contributed by atoms with Gasteiger partial charge in [0.2, 0.25) is 17.8 Å². The number of hydrogen-bond acceptors (Lipinski definition) is 5. The van der Waals surface area contributed by atoms with Crippen LogP contribution in [0.25, 0.3) is 11.1 Å². The van der Waals surface area contributed by atoms with Crippen LogP contribution >= 0.6 is 0 Å². The van der Waals surface area contributed by atoms with Gasteiger partial charge in [-0.25, -0.2) is 13.8 Å². The van der Waals surface area contributed by atoms with Crippen molar-refractivity contribution in [3.05, 3.63) is 65.9 Å². The fourth-order valence-corrected chi connectivity index (χ4v) is 5.19. The van der Waals surface area contributed by atoms with E-state index in [-0.39, 0.29) is 16.8 Å². The minimum Gasteiger partial charge on any atom is -0.355 e. The van der Waals surface area contributed by atoms with E-state index >= 15 is 4.39 Å². The van der Waals surface area contributed by atoms with Gasteiger partial charge in [0.05, 0.1) is 22.9 Å². The van der Waals surface area contributed by atoms with Crippen molar-refractivity contribution in [3.8, 4) is 11.1 Å². The van der Waals surface area contributed by atoms with Crippen LogP contribution in [0.5, 0.6) is 0 Å². The molecule has 1 spiro atoms. The molecule has 1 aliphatic carbocycles. The molecule has 1 atom stereocenters. The van der Waals surface area contributed by atoms with E-state index in [9.17, 15) is 18.4 Å². The van der Waals surface area contributed by atoms with Crippen LogP contribution < -0.4 is 15.1 Å². The standard InChI is InChI=1S/C27H24F3N5O2/c1-15-23-18(3-2-10-31-23)22-19(11-20(33-25(22)30)34-13-27(14-34)8-9-27)35(26(15)37)12-21(36)32-17-6-4-16(5-7-17)24(28)29/h2-7,10-11,15,24H,8-9,12-14H2,1H3,(H,32,36)/t15-/m0/s1. The normalized spacial score (nSPS) is 19.3. The maximum Gasteiger partial charge on any atom is 0.263 e. The van der Waals surface area contributed by atoms with Gasteiger partial charge in [-0.15, -0.1) is 0 Å². The Morgan fingerprint density at radius 2 is 1.92 bits per heavy atom. The molecule has 3 aliphatic rings. The smallest absolute Gasteiger partial charge is 0.263 e. The Morgan fingerprint density at radius 3 is 2.59 bits per heavy atom. The van der Waals surface area contributed by atoms with E-state index in [1.807, 2.05) is 4.90 Å². The highest BCUT2D eigenvalue weighted by molar-refractivity contribution is 6.09. The number of amides is 2. The molecular formula is C27H24F3N5O2. The van der Waals surface area contributed by atoms with E-state index in [4.69, 9.17) is 0 Å². The highest BCUT2D eigenvalue weighted by Crippen LogP contribution is 2.54.